The molecule has 0 spiro atoms. The van der Waals surface area contributed by atoms with Crippen molar-refractivity contribution in [1.82, 2.24) is 10.2 Å². The van der Waals surface area contributed by atoms with Crippen LogP contribution in [-0.4, -0.2) is 31.1 Å². The van der Waals surface area contributed by atoms with Gasteiger partial charge in [0.2, 0.25) is 0 Å². The normalized spacial score (nSPS) is 13.3. The van der Waals surface area contributed by atoms with Crippen molar-refractivity contribution < 1.29 is 0 Å². The molecule has 1 atom stereocenters. The monoisotopic (exact) mass is 328 g/mol. The van der Waals surface area contributed by atoms with E-state index in [-0.39, 0.29) is 6.04 Å². The Morgan fingerprint density at radius 1 is 1.25 bits per heavy atom. The van der Waals surface area contributed by atoms with Gasteiger partial charge < -0.3 is 10.2 Å². The van der Waals surface area contributed by atoms with Gasteiger partial charge in [0.1, 0.15) is 0 Å². The van der Waals surface area contributed by atoms with Crippen LogP contribution >= 0.6 is 34.3 Å². The lowest BCUT2D eigenvalue weighted by atomic mass is 10.2. The van der Waals surface area contributed by atoms with Crippen LogP contribution in [0.15, 0.2) is 29.6 Å². The third-order valence-corrected chi connectivity index (χ3v) is 5.63. The first-order valence-electron chi connectivity index (χ1n) is 6.80. The molecule has 1 N–H and O–H groups in total. The van der Waals surface area contributed by atoms with Crippen LogP contribution in [0.5, 0.6) is 0 Å². The summed E-state index contributed by atoms with van der Waals surface area (Å²) in [5.74, 6) is 0. The standard InChI is InChI=1S/C15H21ClN2S2/c1-11(2)18(3)9-8-17-15(12-5-4-10-19-12)13-6-7-14(16)20-13/h4-7,10-11,15,17H,8-9H2,1-3H3. The maximum Gasteiger partial charge on any atom is 0.0931 e. The van der Waals surface area contributed by atoms with Gasteiger partial charge in [-0.05, 0) is 44.5 Å². The SMILES string of the molecule is CC(C)N(C)CCNC(c1cccs1)c1ccc(Cl)s1. The third-order valence-electron chi connectivity index (χ3n) is 3.40. The lowest BCUT2D eigenvalue weighted by molar-refractivity contribution is 0.271. The predicted octanol–water partition coefficient (Wildman–Crippen LogP) is 4.48. The molecule has 0 bridgehead atoms. The first-order valence-corrected chi connectivity index (χ1v) is 8.87. The van der Waals surface area contributed by atoms with E-state index in [2.05, 4.69) is 54.7 Å². The Morgan fingerprint density at radius 3 is 2.60 bits per heavy atom. The van der Waals surface area contributed by atoms with E-state index >= 15 is 0 Å². The maximum atomic E-state index is 6.08. The summed E-state index contributed by atoms with van der Waals surface area (Å²) in [6.07, 6.45) is 0. The number of thiophene rings is 2. The smallest absolute Gasteiger partial charge is 0.0931 e. The largest absolute Gasteiger partial charge is 0.304 e. The summed E-state index contributed by atoms with van der Waals surface area (Å²) in [4.78, 5) is 4.97. The van der Waals surface area contributed by atoms with Crippen LogP contribution in [0.4, 0.5) is 0 Å². The van der Waals surface area contributed by atoms with Gasteiger partial charge in [-0.25, -0.2) is 0 Å². The molecule has 20 heavy (non-hydrogen) atoms. The quantitative estimate of drug-likeness (QED) is 0.806. The molecular formula is C15H21ClN2S2. The predicted molar refractivity (Wildman–Crippen MR) is 91.3 cm³/mol. The zero-order valence-corrected chi connectivity index (χ0v) is 14.5. The Kier molecular flexibility index (Phi) is 6.05. The Hall–Kier alpha value is -0.390. The molecule has 2 rings (SSSR count). The average molecular weight is 329 g/mol. The first-order chi connectivity index (χ1) is 9.58. The summed E-state index contributed by atoms with van der Waals surface area (Å²) < 4.78 is 0.850. The van der Waals surface area contributed by atoms with E-state index in [1.807, 2.05) is 6.07 Å². The highest BCUT2D eigenvalue weighted by molar-refractivity contribution is 7.16. The molecule has 2 aromatic rings. The molecule has 0 aliphatic heterocycles. The van der Waals surface area contributed by atoms with E-state index in [9.17, 15) is 0 Å². The first kappa shape index (κ1) is 16.0. The molecule has 0 fully saturated rings. The van der Waals surface area contributed by atoms with Crippen molar-refractivity contribution >= 4 is 34.3 Å². The second kappa shape index (κ2) is 7.57. The molecule has 2 aromatic heterocycles. The van der Waals surface area contributed by atoms with Gasteiger partial charge in [-0.2, -0.15) is 0 Å². The van der Waals surface area contributed by atoms with Gasteiger partial charge in [0, 0.05) is 28.9 Å². The fourth-order valence-corrected chi connectivity index (χ4v) is 3.97. The van der Waals surface area contributed by atoms with E-state index in [0.29, 0.717) is 6.04 Å². The van der Waals surface area contributed by atoms with Gasteiger partial charge in [-0.3, -0.25) is 0 Å². The molecule has 0 saturated carbocycles. The fourth-order valence-electron chi connectivity index (χ4n) is 1.92. The zero-order valence-electron chi connectivity index (χ0n) is 12.1. The molecule has 0 aliphatic carbocycles. The molecule has 2 nitrogen and oxygen atoms in total. The Bertz CT molecular complexity index is 508. The number of nitrogens with zero attached hydrogens (tertiary/aromatic N) is 1. The summed E-state index contributed by atoms with van der Waals surface area (Å²) >= 11 is 9.52. The topological polar surface area (TPSA) is 15.3 Å². The van der Waals surface area contributed by atoms with Crippen LogP contribution in [0.2, 0.25) is 4.34 Å². The number of halogens is 1. The molecule has 0 aliphatic rings. The number of likely N-dealkylation sites (N-methyl/N-ethyl adjacent to an activating group) is 1. The van der Waals surface area contributed by atoms with Gasteiger partial charge in [-0.15, -0.1) is 22.7 Å². The molecule has 1 unspecified atom stereocenters. The van der Waals surface area contributed by atoms with Crippen LogP contribution in [-0.2, 0) is 0 Å². The summed E-state index contributed by atoms with van der Waals surface area (Å²) in [5, 5.41) is 5.78. The minimum absolute atomic E-state index is 0.257. The van der Waals surface area contributed by atoms with Gasteiger partial charge in [0.15, 0.2) is 0 Å². The van der Waals surface area contributed by atoms with E-state index in [4.69, 9.17) is 11.6 Å². The van der Waals surface area contributed by atoms with Crippen LogP contribution in [0.3, 0.4) is 0 Å². The van der Waals surface area contributed by atoms with Crippen LogP contribution in [0, 0.1) is 0 Å². The number of rotatable bonds is 7. The Balaban J connectivity index is 2.01. The lowest BCUT2D eigenvalue weighted by Gasteiger charge is -2.23. The molecule has 0 saturated heterocycles. The van der Waals surface area contributed by atoms with Crippen LogP contribution in [0.25, 0.3) is 0 Å². The van der Waals surface area contributed by atoms with Crippen molar-refractivity contribution in [2.24, 2.45) is 0 Å². The molecule has 0 radical (unpaired) electrons. The fraction of sp³-hybridized carbons (Fsp3) is 0.467. The molecule has 0 aromatic carbocycles. The van der Waals surface area contributed by atoms with Gasteiger partial charge in [0.25, 0.3) is 0 Å². The summed E-state index contributed by atoms with van der Waals surface area (Å²) in [5.41, 5.74) is 0. The van der Waals surface area contributed by atoms with Crippen molar-refractivity contribution in [1.29, 1.82) is 0 Å². The van der Waals surface area contributed by atoms with E-state index in [1.165, 1.54) is 9.75 Å². The number of nitrogens with one attached hydrogen (secondary N) is 1. The molecule has 2 heterocycles. The van der Waals surface area contributed by atoms with Crippen LogP contribution < -0.4 is 5.32 Å². The van der Waals surface area contributed by atoms with Crippen molar-refractivity contribution in [3.8, 4) is 0 Å². The number of hydrogen-bond acceptors (Lipinski definition) is 4. The summed E-state index contributed by atoms with van der Waals surface area (Å²) in [6.45, 7) is 6.44. The van der Waals surface area contributed by atoms with Crippen molar-refractivity contribution in [3.63, 3.8) is 0 Å². The molecule has 0 amide bonds. The second-order valence-electron chi connectivity index (χ2n) is 5.12. The highest BCUT2D eigenvalue weighted by Gasteiger charge is 2.17. The minimum atomic E-state index is 0.257. The second-order valence-corrected chi connectivity index (χ2v) is 7.84. The van der Waals surface area contributed by atoms with E-state index in [0.717, 1.165) is 17.4 Å². The summed E-state index contributed by atoms with van der Waals surface area (Å²) in [7, 11) is 2.16. The Morgan fingerprint density at radius 2 is 2.05 bits per heavy atom. The van der Waals surface area contributed by atoms with Gasteiger partial charge >= 0.3 is 0 Å². The molecule has 5 heteroatoms. The minimum Gasteiger partial charge on any atom is -0.304 e. The maximum absolute atomic E-state index is 6.08. The van der Waals surface area contributed by atoms with E-state index in [1.54, 1.807) is 22.7 Å². The van der Waals surface area contributed by atoms with E-state index < -0.39 is 0 Å². The van der Waals surface area contributed by atoms with Crippen molar-refractivity contribution in [2.75, 3.05) is 20.1 Å². The van der Waals surface area contributed by atoms with Gasteiger partial charge in [0.05, 0.1) is 10.4 Å². The van der Waals surface area contributed by atoms with Crippen molar-refractivity contribution in [2.45, 2.75) is 25.9 Å². The number of hydrogen-bond donors (Lipinski definition) is 1. The highest BCUT2D eigenvalue weighted by Crippen LogP contribution is 2.32. The highest BCUT2D eigenvalue weighted by atomic mass is 35.5. The Labute approximate surface area is 134 Å². The average Bonchev–Trinajstić information content (AvgIpc) is 3.05. The summed E-state index contributed by atoms with van der Waals surface area (Å²) in [6, 6.07) is 9.22. The lowest BCUT2D eigenvalue weighted by Crippen LogP contribution is -2.35. The third kappa shape index (κ3) is 4.30. The molecular weight excluding hydrogens is 308 g/mol. The van der Waals surface area contributed by atoms with Crippen molar-refractivity contribution in [3.05, 3.63) is 43.7 Å². The molecule has 110 valence electrons. The van der Waals surface area contributed by atoms with Gasteiger partial charge in [-0.1, -0.05) is 17.7 Å². The van der Waals surface area contributed by atoms with Crippen LogP contribution in [0.1, 0.15) is 29.6 Å². The zero-order chi connectivity index (χ0) is 14.5.